The van der Waals surface area contributed by atoms with Gasteiger partial charge in [0.15, 0.2) is 0 Å². The molecule has 2 rings (SSSR count). The van der Waals surface area contributed by atoms with Crippen LogP contribution in [-0.4, -0.2) is 12.4 Å². The van der Waals surface area contributed by atoms with E-state index in [1.807, 2.05) is 38.2 Å². The molecule has 1 heterocycles. The van der Waals surface area contributed by atoms with Crippen molar-refractivity contribution in [2.24, 2.45) is 9.98 Å². The number of nitrogens with zero attached hydrogens (tertiary/aromatic N) is 2. The maximum Gasteiger partial charge on any atom is 0.131 e. The van der Waals surface area contributed by atoms with Crippen LogP contribution in [0.1, 0.15) is 13.8 Å². The van der Waals surface area contributed by atoms with E-state index in [1.165, 1.54) is 0 Å². The summed E-state index contributed by atoms with van der Waals surface area (Å²) in [5, 5.41) is 0. The van der Waals surface area contributed by atoms with Crippen LogP contribution in [0.2, 0.25) is 0 Å². The van der Waals surface area contributed by atoms with Crippen LogP contribution in [0.5, 0.6) is 0 Å². The fourth-order valence-electron chi connectivity index (χ4n) is 1.47. The molecule has 0 amide bonds. The van der Waals surface area contributed by atoms with Crippen molar-refractivity contribution in [2.45, 2.75) is 13.8 Å². The third-order valence-corrected chi connectivity index (χ3v) is 2.20. The number of aliphatic imine (C=N–C) groups is 2. The van der Waals surface area contributed by atoms with E-state index in [9.17, 15) is 0 Å². The summed E-state index contributed by atoms with van der Waals surface area (Å²) in [6, 6.07) is 0. The fraction of sp³-hybridized carbons (Fsp3) is 0.154. The van der Waals surface area contributed by atoms with Crippen molar-refractivity contribution < 1.29 is 0 Å². The van der Waals surface area contributed by atoms with Crippen molar-refractivity contribution in [3.05, 3.63) is 52.6 Å². The SMILES string of the molecule is C/C=N\C1=C(C)C=CC2=C=C1N=CC=C2. The summed E-state index contributed by atoms with van der Waals surface area (Å²) in [6.45, 7) is 3.93. The second-order valence-corrected chi connectivity index (χ2v) is 3.32. The molecule has 0 aromatic carbocycles. The molecule has 0 radical (unpaired) electrons. The highest BCUT2D eigenvalue weighted by molar-refractivity contribution is 5.75. The van der Waals surface area contributed by atoms with Gasteiger partial charge in [-0.15, -0.1) is 0 Å². The molecule has 0 spiro atoms. The highest BCUT2D eigenvalue weighted by Gasteiger charge is 2.08. The third-order valence-electron chi connectivity index (χ3n) is 2.20. The summed E-state index contributed by atoms with van der Waals surface area (Å²) in [4.78, 5) is 8.65. The van der Waals surface area contributed by atoms with Crippen LogP contribution in [-0.2, 0) is 0 Å². The van der Waals surface area contributed by atoms with Crippen LogP contribution in [0.15, 0.2) is 62.6 Å². The minimum absolute atomic E-state index is 0.801. The maximum atomic E-state index is 4.34. The Kier molecular flexibility index (Phi) is 2.61. The van der Waals surface area contributed by atoms with Gasteiger partial charge < -0.3 is 0 Å². The summed E-state index contributed by atoms with van der Waals surface area (Å²) < 4.78 is 0. The molecule has 0 aromatic heterocycles. The number of hydrogen-bond acceptors (Lipinski definition) is 2. The molecule has 2 bridgehead atoms. The smallest absolute Gasteiger partial charge is 0.131 e. The molecule has 74 valence electrons. The minimum atomic E-state index is 0.801. The number of hydrogen-bond donors (Lipinski definition) is 0. The maximum absolute atomic E-state index is 4.34. The molecular formula is C13H12N2. The topological polar surface area (TPSA) is 24.7 Å². The zero-order valence-corrected chi connectivity index (χ0v) is 8.86. The predicted molar refractivity (Wildman–Crippen MR) is 64.2 cm³/mol. The Morgan fingerprint density at radius 3 is 3.00 bits per heavy atom. The van der Waals surface area contributed by atoms with Crippen molar-refractivity contribution >= 4 is 12.4 Å². The van der Waals surface area contributed by atoms with Gasteiger partial charge in [-0.1, -0.05) is 11.8 Å². The molecule has 0 unspecified atom stereocenters. The van der Waals surface area contributed by atoms with Gasteiger partial charge in [0.2, 0.25) is 0 Å². The second kappa shape index (κ2) is 4.07. The van der Waals surface area contributed by atoms with Crippen LogP contribution in [0.25, 0.3) is 0 Å². The van der Waals surface area contributed by atoms with Crippen LogP contribution < -0.4 is 0 Å². The molecule has 0 aromatic rings. The first-order valence-corrected chi connectivity index (χ1v) is 4.91. The Balaban J connectivity index is 2.62. The Morgan fingerprint density at radius 1 is 1.33 bits per heavy atom. The predicted octanol–water partition coefficient (Wildman–Crippen LogP) is 2.97. The van der Waals surface area contributed by atoms with Gasteiger partial charge in [-0.2, -0.15) is 0 Å². The quantitative estimate of drug-likeness (QED) is 0.455. The van der Waals surface area contributed by atoms with Gasteiger partial charge in [0, 0.05) is 18.0 Å². The molecule has 2 aliphatic rings. The van der Waals surface area contributed by atoms with Gasteiger partial charge in [-0.05, 0) is 37.6 Å². The van der Waals surface area contributed by atoms with E-state index in [0.29, 0.717) is 0 Å². The van der Waals surface area contributed by atoms with Crippen molar-refractivity contribution in [1.82, 2.24) is 0 Å². The van der Waals surface area contributed by atoms with Crippen LogP contribution >= 0.6 is 0 Å². The number of allylic oxidation sites excluding steroid dienone is 5. The average molecular weight is 196 g/mol. The molecule has 15 heavy (non-hydrogen) atoms. The monoisotopic (exact) mass is 196 g/mol. The molecule has 0 saturated carbocycles. The lowest BCUT2D eigenvalue weighted by atomic mass is 10.2. The zero-order chi connectivity index (χ0) is 10.7. The average Bonchev–Trinajstić information content (AvgIpc) is 2.54. The Morgan fingerprint density at radius 2 is 2.20 bits per heavy atom. The Bertz CT molecular complexity index is 491. The van der Waals surface area contributed by atoms with Crippen LogP contribution in [0.4, 0.5) is 0 Å². The van der Waals surface area contributed by atoms with E-state index >= 15 is 0 Å². The molecule has 1 aliphatic heterocycles. The summed E-state index contributed by atoms with van der Waals surface area (Å²) in [5.74, 6) is 0. The Hall–Kier alpha value is -1.92. The summed E-state index contributed by atoms with van der Waals surface area (Å²) >= 11 is 0. The standard InChI is InChI=1S/C13H12N2/c1-3-14-13-10(2)6-7-11-5-4-8-15-12(13)9-11/h3-8H,1-2H3/b14-3-. The molecular weight excluding hydrogens is 184 g/mol. The summed E-state index contributed by atoms with van der Waals surface area (Å²) in [7, 11) is 0. The van der Waals surface area contributed by atoms with Crippen molar-refractivity contribution in [3.63, 3.8) is 0 Å². The van der Waals surface area contributed by atoms with Gasteiger partial charge in [0.25, 0.3) is 0 Å². The first-order chi connectivity index (χ1) is 7.31. The van der Waals surface area contributed by atoms with Crippen molar-refractivity contribution in [3.8, 4) is 0 Å². The van der Waals surface area contributed by atoms with E-state index in [4.69, 9.17) is 0 Å². The Labute approximate surface area is 89.4 Å². The van der Waals surface area contributed by atoms with Crippen LogP contribution in [0, 0.1) is 0 Å². The molecule has 2 heteroatoms. The third kappa shape index (κ3) is 1.95. The number of rotatable bonds is 1. The lowest BCUT2D eigenvalue weighted by molar-refractivity contribution is 1.21. The molecule has 0 fully saturated rings. The van der Waals surface area contributed by atoms with E-state index in [0.717, 1.165) is 22.5 Å². The largest absolute Gasteiger partial charge is 0.258 e. The second-order valence-electron chi connectivity index (χ2n) is 3.32. The van der Waals surface area contributed by atoms with Gasteiger partial charge in [0.05, 0.1) is 5.70 Å². The molecule has 1 aliphatic carbocycles. The highest BCUT2D eigenvalue weighted by atomic mass is 14.8. The summed E-state index contributed by atoms with van der Waals surface area (Å²) in [5.41, 5.74) is 7.07. The minimum Gasteiger partial charge on any atom is -0.258 e. The lowest BCUT2D eigenvalue weighted by Gasteiger charge is -2.01. The highest BCUT2D eigenvalue weighted by Crippen LogP contribution is 2.22. The summed E-state index contributed by atoms with van der Waals surface area (Å²) in [6.07, 6.45) is 11.5. The van der Waals surface area contributed by atoms with Crippen LogP contribution in [0.3, 0.4) is 0 Å². The zero-order valence-electron chi connectivity index (χ0n) is 8.86. The fourth-order valence-corrected chi connectivity index (χ4v) is 1.47. The van der Waals surface area contributed by atoms with Gasteiger partial charge >= 0.3 is 0 Å². The molecule has 2 nitrogen and oxygen atoms in total. The van der Waals surface area contributed by atoms with E-state index in [-0.39, 0.29) is 0 Å². The van der Waals surface area contributed by atoms with Gasteiger partial charge in [-0.25, -0.2) is 4.99 Å². The van der Waals surface area contributed by atoms with E-state index in [2.05, 4.69) is 15.7 Å². The molecule has 0 atom stereocenters. The van der Waals surface area contributed by atoms with E-state index in [1.54, 1.807) is 12.4 Å². The normalized spacial score (nSPS) is 19.1. The van der Waals surface area contributed by atoms with Gasteiger partial charge in [-0.3, -0.25) is 4.99 Å². The van der Waals surface area contributed by atoms with E-state index < -0.39 is 0 Å². The van der Waals surface area contributed by atoms with Gasteiger partial charge in [0.1, 0.15) is 5.70 Å². The molecule has 0 saturated heterocycles. The first-order valence-electron chi connectivity index (χ1n) is 4.91. The molecule has 0 N–H and O–H groups in total. The van der Waals surface area contributed by atoms with Crippen molar-refractivity contribution in [1.29, 1.82) is 0 Å². The van der Waals surface area contributed by atoms with Crippen molar-refractivity contribution in [2.75, 3.05) is 0 Å². The lowest BCUT2D eigenvalue weighted by Crippen LogP contribution is -1.87. The first kappa shape index (κ1) is 9.63.